The molecule has 0 atom stereocenters. The molecule has 1 saturated heterocycles. The Hall–Kier alpha value is -0.950. The van der Waals surface area contributed by atoms with Gasteiger partial charge in [-0.3, -0.25) is 9.59 Å². The van der Waals surface area contributed by atoms with E-state index in [4.69, 9.17) is 0 Å². The van der Waals surface area contributed by atoms with E-state index < -0.39 is 21.5 Å². The number of carbonyl (C=O) groups is 2. The van der Waals surface area contributed by atoms with Gasteiger partial charge in [0.05, 0.1) is 12.4 Å². The van der Waals surface area contributed by atoms with Gasteiger partial charge in [0.2, 0.25) is 5.91 Å². The average Bonchev–Trinajstić information content (AvgIpc) is 2.26. The molecule has 7 heteroatoms. The second-order valence-corrected chi connectivity index (χ2v) is 6.19. The van der Waals surface area contributed by atoms with E-state index in [2.05, 4.69) is 4.74 Å². The summed E-state index contributed by atoms with van der Waals surface area (Å²) in [6.07, 6.45) is 0.647. The third-order valence-corrected chi connectivity index (χ3v) is 4.09. The highest BCUT2D eigenvalue weighted by atomic mass is 32.2. The summed E-state index contributed by atoms with van der Waals surface area (Å²) >= 11 is 0. The number of hydrogen-bond donors (Lipinski definition) is 0. The van der Waals surface area contributed by atoms with E-state index in [0.29, 0.717) is 25.9 Å². The van der Waals surface area contributed by atoms with Gasteiger partial charge in [-0.25, -0.2) is 8.42 Å². The Morgan fingerprint density at radius 2 is 1.94 bits per heavy atom. The van der Waals surface area contributed by atoms with Crippen LogP contribution in [0.3, 0.4) is 0 Å². The Kier molecular flexibility index (Phi) is 5.07. The minimum atomic E-state index is -3.41. The molecule has 0 aliphatic carbocycles. The Labute approximate surface area is 101 Å². The van der Waals surface area contributed by atoms with Gasteiger partial charge in [-0.1, -0.05) is 0 Å². The number of piperidine rings is 1. The maximum Gasteiger partial charge on any atom is 0.237 e. The number of hydrogen-bond acceptors (Lipinski definition) is 5. The molecule has 0 N–H and O–H groups in total. The first-order chi connectivity index (χ1) is 7.94. The average molecular weight is 263 g/mol. The first kappa shape index (κ1) is 14.1. The molecule has 1 heterocycles. The van der Waals surface area contributed by atoms with E-state index in [1.807, 2.05) is 0 Å². The van der Waals surface area contributed by atoms with E-state index in [-0.39, 0.29) is 18.1 Å². The van der Waals surface area contributed by atoms with Crippen LogP contribution in [0.15, 0.2) is 0 Å². The first-order valence-corrected chi connectivity index (χ1v) is 7.25. The van der Waals surface area contributed by atoms with Crippen molar-refractivity contribution in [3.05, 3.63) is 0 Å². The quantitative estimate of drug-likeness (QED) is 0.651. The Morgan fingerprint density at radius 1 is 1.35 bits per heavy atom. The summed E-state index contributed by atoms with van der Waals surface area (Å²) < 4.78 is 27.7. The van der Waals surface area contributed by atoms with Crippen molar-refractivity contribution in [1.29, 1.82) is 0 Å². The zero-order chi connectivity index (χ0) is 12.9. The monoisotopic (exact) mass is 263 g/mol. The summed E-state index contributed by atoms with van der Waals surface area (Å²) in [6, 6.07) is 0. The van der Waals surface area contributed by atoms with Crippen molar-refractivity contribution < 1.29 is 22.7 Å². The van der Waals surface area contributed by atoms with Crippen LogP contribution in [0.25, 0.3) is 0 Å². The number of likely N-dealkylation sites (tertiary alicyclic amines) is 1. The van der Waals surface area contributed by atoms with Gasteiger partial charge < -0.3 is 9.64 Å². The number of amides is 1. The molecule has 1 aliphatic rings. The van der Waals surface area contributed by atoms with E-state index in [1.165, 1.54) is 12.0 Å². The van der Waals surface area contributed by atoms with Gasteiger partial charge in [0.25, 0.3) is 0 Å². The highest BCUT2D eigenvalue weighted by Gasteiger charge is 2.24. The van der Waals surface area contributed by atoms with Crippen LogP contribution in [0.4, 0.5) is 0 Å². The lowest BCUT2D eigenvalue weighted by molar-refractivity contribution is -0.132. The lowest BCUT2D eigenvalue weighted by Gasteiger charge is -2.25. The van der Waals surface area contributed by atoms with Gasteiger partial charge in [-0.2, -0.15) is 0 Å². The molecule has 0 unspecified atom stereocenters. The second kappa shape index (κ2) is 6.11. The predicted octanol–water partition coefficient (Wildman–Crippen LogP) is -0.761. The zero-order valence-electron chi connectivity index (χ0n) is 9.85. The maximum absolute atomic E-state index is 11.7. The van der Waals surface area contributed by atoms with Gasteiger partial charge in [0.1, 0.15) is 11.5 Å². The van der Waals surface area contributed by atoms with Gasteiger partial charge in [0.15, 0.2) is 9.84 Å². The fourth-order valence-electron chi connectivity index (χ4n) is 1.57. The molecule has 98 valence electrons. The molecular weight excluding hydrogens is 246 g/mol. The smallest absolute Gasteiger partial charge is 0.237 e. The molecule has 0 aromatic rings. The highest BCUT2D eigenvalue weighted by molar-refractivity contribution is 7.92. The number of methoxy groups -OCH3 is 1. The molecule has 17 heavy (non-hydrogen) atoms. The first-order valence-electron chi connectivity index (χ1n) is 5.43. The summed E-state index contributed by atoms with van der Waals surface area (Å²) in [5, 5.41) is 0. The molecule has 0 radical (unpaired) electrons. The Balaban J connectivity index is 2.46. The molecule has 1 aliphatic heterocycles. The van der Waals surface area contributed by atoms with Crippen molar-refractivity contribution in [3.63, 3.8) is 0 Å². The molecule has 0 bridgehead atoms. The summed E-state index contributed by atoms with van der Waals surface area (Å²) in [5.41, 5.74) is 0. The van der Waals surface area contributed by atoms with E-state index in [9.17, 15) is 18.0 Å². The maximum atomic E-state index is 11.7. The highest BCUT2D eigenvalue weighted by Crippen LogP contribution is 2.07. The summed E-state index contributed by atoms with van der Waals surface area (Å²) in [5.74, 6) is -0.947. The van der Waals surface area contributed by atoms with Gasteiger partial charge >= 0.3 is 0 Å². The minimum Gasteiger partial charge on any atom is -0.384 e. The van der Waals surface area contributed by atoms with Gasteiger partial charge in [-0.15, -0.1) is 0 Å². The molecule has 0 saturated carbocycles. The standard InChI is InChI=1S/C10H17NO5S/c1-16-6-7-17(14,15)8-10(13)11-4-2-9(12)3-5-11/h2-8H2,1H3. The number of ether oxygens (including phenoxy) is 1. The van der Waals surface area contributed by atoms with Crippen molar-refractivity contribution in [1.82, 2.24) is 4.90 Å². The lowest BCUT2D eigenvalue weighted by atomic mass is 10.1. The predicted molar refractivity (Wildman–Crippen MR) is 61.4 cm³/mol. The summed E-state index contributed by atoms with van der Waals surface area (Å²) in [6.45, 7) is 0.753. The molecule has 0 aromatic heterocycles. The minimum absolute atomic E-state index is 0.0914. The molecule has 0 aromatic carbocycles. The van der Waals surface area contributed by atoms with Crippen molar-refractivity contribution in [2.24, 2.45) is 0 Å². The molecule has 6 nitrogen and oxygen atoms in total. The third kappa shape index (κ3) is 4.82. The Bertz CT molecular complexity index is 380. The fourth-order valence-corrected chi connectivity index (χ4v) is 2.69. The van der Waals surface area contributed by atoms with Crippen molar-refractivity contribution in [3.8, 4) is 0 Å². The largest absolute Gasteiger partial charge is 0.384 e. The number of ketones is 1. The fraction of sp³-hybridized carbons (Fsp3) is 0.800. The van der Waals surface area contributed by atoms with E-state index in [1.54, 1.807) is 0 Å². The summed E-state index contributed by atoms with van der Waals surface area (Å²) in [7, 11) is -2.00. The van der Waals surface area contributed by atoms with Crippen LogP contribution >= 0.6 is 0 Å². The third-order valence-electron chi connectivity index (χ3n) is 2.62. The second-order valence-electron chi connectivity index (χ2n) is 4.00. The van der Waals surface area contributed by atoms with Crippen LogP contribution in [-0.2, 0) is 24.2 Å². The Morgan fingerprint density at radius 3 is 2.47 bits per heavy atom. The topological polar surface area (TPSA) is 80.8 Å². The van der Waals surface area contributed by atoms with Crippen LogP contribution in [0.2, 0.25) is 0 Å². The van der Waals surface area contributed by atoms with Gasteiger partial charge in [-0.05, 0) is 0 Å². The molecule has 1 amide bonds. The van der Waals surface area contributed by atoms with Crippen LogP contribution in [0.1, 0.15) is 12.8 Å². The summed E-state index contributed by atoms with van der Waals surface area (Å²) in [4.78, 5) is 24.1. The lowest BCUT2D eigenvalue weighted by Crippen LogP contribution is -2.42. The number of carbonyl (C=O) groups excluding carboxylic acids is 2. The van der Waals surface area contributed by atoms with Crippen molar-refractivity contribution in [2.45, 2.75) is 12.8 Å². The number of nitrogens with zero attached hydrogens (tertiary/aromatic N) is 1. The van der Waals surface area contributed by atoms with Crippen molar-refractivity contribution in [2.75, 3.05) is 38.3 Å². The van der Waals surface area contributed by atoms with Crippen LogP contribution in [0, 0.1) is 0 Å². The number of rotatable bonds is 5. The van der Waals surface area contributed by atoms with Crippen LogP contribution < -0.4 is 0 Å². The number of Topliss-reactive ketones (excluding diaryl/α,β-unsaturated/α-hetero) is 1. The van der Waals surface area contributed by atoms with Crippen LogP contribution in [0.5, 0.6) is 0 Å². The van der Waals surface area contributed by atoms with Crippen LogP contribution in [-0.4, -0.2) is 63.3 Å². The normalized spacial score (nSPS) is 17.2. The molecular formula is C10H17NO5S. The molecule has 1 fully saturated rings. The van der Waals surface area contributed by atoms with Gasteiger partial charge in [0, 0.05) is 33.0 Å². The number of sulfone groups is 1. The SMILES string of the molecule is COCCS(=O)(=O)CC(=O)N1CCC(=O)CC1. The van der Waals surface area contributed by atoms with E-state index >= 15 is 0 Å². The molecule has 0 spiro atoms. The van der Waals surface area contributed by atoms with Crippen molar-refractivity contribution >= 4 is 21.5 Å². The zero-order valence-corrected chi connectivity index (χ0v) is 10.7. The molecule has 1 rings (SSSR count). The van der Waals surface area contributed by atoms with E-state index in [0.717, 1.165) is 0 Å².